The number of amides is 1. The first-order valence-corrected chi connectivity index (χ1v) is 8.54. The second-order valence-corrected chi connectivity index (χ2v) is 5.97. The zero-order valence-electron chi connectivity index (χ0n) is 15.8. The van der Waals surface area contributed by atoms with E-state index in [0.29, 0.717) is 0 Å². The number of carbonyl (C=O) groups excluding carboxylic acids is 1. The molecule has 0 fully saturated rings. The first kappa shape index (κ1) is 23.2. The number of ether oxygens (including phenoxy) is 2. The number of halogens is 6. The van der Waals surface area contributed by atoms with E-state index in [1.165, 1.54) is 24.1 Å². The van der Waals surface area contributed by atoms with Crippen LogP contribution in [0.3, 0.4) is 0 Å². The van der Waals surface area contributed by atoms with Crippen LogP contribution in [0.15, 0.2) is 30.5 Å². The second kappa shape index (κ2) is 9.18. The van der Waals surface area contributed by atoms with E-state index in [1.807, 2.05) is 0 Å². The Balaban J connectivity index is 2.46. The van der Waals surface area contributed by atoms with Gasteiger partial charge in [0.25, 0.3) is 0 Å². The summed E-state index contributed by atoms with van der Waals surface area (Å²) in [5.74, 6) is -0.917. The number of carbonyl (C=O) groups is 1. The van der Waals surface area contributed by atoms with Crippen LogP contribution in [-0.4, -0.2) is 48.0 Å². The van der Waals surface area contributed by atoms with Gasteiger partial charge in [0.05, 0.1) is 5.69 Å². The Bertz CT molecular complexity index is 886. The molecule has 1 amide bonds. The van der Waals surface area contributed by atoms with Crippen molar-refractivity contribution < 1.29 is 40.6 Å². The smallest absolute Gasteiger partial charge is 0.422 e. The zero-order valence-corrected chi connectivity index (χ0v) is 15.8. The minimum Gasteiger partial charge on any atom is -0.484 e. The van der Waals surface area contributed by atoms with Gasteiger partial charge in [-0.2, -0.15) is 26.3 Å². The van der Waals surface area contributed by atoms with E-state index in [-0.39, 0.29) is 41.2 Å². The third kappa shape index (κ3) is 6.78. The number of hydrogen-bond acceptors (Lipinski definition) is 5. The molecular weight excluding hydrogens is 420 g/mol. The number of benzene rings is 1. The molecule has 1 heterocycles. The predicted molar refractivity (Wildman–Crippen MR) is 94.3 cm³/mol. The summed E-state index contributed by atoms with van der Waals surface area (Å²) >= 11 is 0. The number of aromatic nitrogens is 2. The molecule has 0 aliphatic rings. The normalized spacial score (nSPS) is 11.9. The summed E-state index contributed by atoms with van der Waals surface area (Å²) < 4.78 is 84.4. The van der Waals surface area contributed by atoms with Crippen LogP contribution < -0.4 is 14.4 Å². The number of hydrogen-bond donors (Lipinski definition) is 0. The highest BCUT2D eigenvalue weighted by molar-refractivity contribution is 5.89. The van der Waals surface area contributed by atoms with Crippen LogP contribution in [0.1, 0.15) is 13.8 Å². The summed E-state index contributed by atoms with van der Waals surface area (Å²) in [5.41, 5.74) is -0.0171. The molecule has 0 aliphatic heterocycles. The van der Waals surface area contributed by atoms with Crippen molar-refractivity contribution in [3.8, 4) is 22.8 Å². The van der Waals surface area contributed by atoms with Crippen molar-refractivity contribution in [2.45, 2.75) is 26.2 Å². The van der Waals surface area contributed by atoms with Gasteiger partial charge in [-0.1, -0.05) is 0 Å². The van der Waals surface area contributed by atoms with Crippen LogP contribution in [0.4, 0.5) is 32.3 Å². The predicted octanol–water partition coefficient (Wildman–Crippen LogP) is 4.40. The lowest BCUT2D eigenvalue weighted by atomic mass is 10.1. The third-order valence-electron chi connectivity index (χ3n) is 3.60. The van der Waals surface area contributed by atoms with Gasteiger partial charge < -0.3 is 9.47 Å². The van der Waals surface area contributed by atoms with Crippen LogP contribution in [0.25, 0.3) is 11.3 Å². The highest BCUT2D eigenvalue weighted by Crippen LogP contribution is 2.34. The van der Waals surface area contributed by atoms with Gasteiger partial charge in [-0.05, 0) is 31.2 Å². The Morgan fingerprint density at radius 2 is 1.67 bits per heavy atom. The van der Waals surface area contributed by atoms with Crippen LogP contribution in [0.2, 0.25) is 0 Å². The molecule has 6 nitrogen and oxygen atoms in total. The molecular formula is C18H17F6N3O3. The lowest BCUT2D eigenvalue weighted by Gasteiger charge is -2.18. The molecule has 0 saturated carbocycles. The van der Waals surface area contributed by atoms with E-state index in [0.717, 1.165) is 18.2 Å². The molecule has 0 radical (unpaired) electrons. The van der Waals surface area contributed by atoms with Crippen LogP contribution in [0, 0.1) is 0 Å². The van der Waals surface area contributed by atoms with Gasteiger partial charge in [0.1, 0.15) is 11.5 Å². The van der Waals surface area contributed by atoms with Crippen molar-refractivity contribution in [1.82, 2.24) is 9.97 Å². The van der Waals surface area contributed by atoms with E-state index in [2.05, 4.69) is 14.7 Å². The molecule has 0 bridgehead atoms. The molecule has 1 aromatic heterocycles. The summed E-state index contributed by atoms with van der Waals surface area (Å²) in [4.78, 5) is 21.0. The van der Waals surface area contributed by atoms with E-state index in [1.54, 1.807) is 6.92 Å². The first-order valence-electron chi connectivity index (χ1n) is 8.54. The van der Waals surface area contributed by atoms with Crippen molar-refractivity contribution in [1.29, 1.82) is 0 Å². The van der Waals surface area contributed by atoms with Gasteiger partial charge in [-0.25, -0.2) is 9.97 Å². The summed E-state index contributed by atoms with van der Waals surface area (Å²) in [5, 5.41) is 0. The molecule has 0 spiro atoms. The lowest BCUT2D eigenvalue weighted by Crippen LogP contribution is -2.29. The minimum absolute atomic E-state index is 0.0223. The zero-order chi connectivity index (χ0) is 22.5. The topological polar surface area (TPSA) is 64.6 Å². The Morgan fingerprint density at radius 1 is 1.03 bits per heavy atom. The highest BCUT2D eigenvalue weighted by atomic mass is 19.4. The molecule has 12 heteroatoms. The monoisotopic (exact) mass is 437 g/mol. The summed E-state index contributed by atoms with van der Waals surface area (Å²) in [6, 6.07) is 4.50. The average Bonchev–Trinajstić information content (AvgIpc) is 2.64. The molecule has 2 aromatic rings. The Morgan fingerprint density at radius 3 is 2.23 bits per heavy atom. The Labute approximate surface area is 167 Å². The number of rotatable bonds is 7. The molecule has 0 unspecified atom stereocenters. The fraction of sp³-hybridized carbons (Fsp3) is 0.389. The Kier molecular flexibility index (Phi) is 7.11. The largest absolute Gasteiger partial charge is 0.484 e. The molecule has 0 N–H and O–H groups in total. The van der Waals surface area contributed by atoms with Crippen molar-refractivity contribution in [2.75, 3.05) is 24.7 Å². The van der Waals surface area contributed by atoms with Crippen molar-refractivity contribution in [2.24, 2.45) is 0 Å². The highest BCUT2D eigenvalue weighted by Gasteiger charge is 2.30. The van der Waals surface area contributed by atoms with Crippen molar-refractivity contribution >= 4 is 11.9 Å². The maximum absolute atomic E-state index is 12.6. The molecule has 0 aliphatic carbocycles. The van der Waals surface area contributed by atoms with Gasteiger partial charge in [0, 0.05) is 25.2 Å². The van der Waals surface area contributed by atoms with E-state index in [9.17, 15) is 31.1 Å². The summed E-state index contributed by atoms with van der Waals surface area (Å²) in [7, 11) is 0. The quantitative estimate of drug-likeness (QED) is 0.601. The molecule has 2 rings (SSSR count). The molecule has 164 valence electrons. The van der Waals surface area contributed by atoms with E-state index >= 15 is 0 Å². The molecule has 1 aromatic carbocycles. The van der Waals surface area contributed by atoms with Crippen molar-refractivity contribution in [3.05, 3.63) is 30.5 Å². The first-order chi connectivity index (χ1) is 13.9. The van der Waals surface area contributed by atoms with Crippen LogP contribution >= 0.6 is 0 Å². The standard InChI is InChI=1S/C18H17F6N3O3/c1-3-27(11(2)28)16-25-7-6-14(26-16)13-8-12(29-9-17(19,20)21)4-5-15(13)30-10-18(22,23)24/h4-8H,3,9-10H2,1-2H3. The van der Waals surface area contributed by atoms with Crippen LogP contribution in [0.5, 0.6) is 11.5 Å². The van der Waals surface area contributed by atoms with Crippen LogP contribution in [-0.2, 0) is 4.79 Å². The maximum atomic E-state index is 12.6. The summed E-state index contributed by atoms with van der Waals surface area (Å²) in [6.45, 7) is -0.0255. The van der Waals surface area contributed by atoms with Gasteiger partial charge in [-0.3, -0.25) is 9.69 Å². The number of nitrogens with zero attached hydrogens (tertiary/aromatic N) is 3. The SMILES string of the molecule is CCN(C(C)=O)c1nccc(-c2cc(OCC(F)(F)F)ccc2OCC(F)(F)F)n1. The number of alkyl halides is 6. The van der Waals surface area contributed by atoms with Crippen molar-refractivity contribution in [3.63, 3.8) is 0 Å². The lowest BCUT2D eigenvalue weighted by molar-refractivity contribution is -0.154. The third-order valence-corrected chi connectivity index (χ3v) is 3.60. The molecule has 0 saturated heterocycles. The average molecular weight is 437 g/mol. The molecule has 30 heavy (non-hydrogen) atoms. The second-order valence-electron chi connectivity index (χ2n) is 5.97. The fourth-order valence-corrected chi connectivity index (χ4v) is 2.38. The van der Waals surface area contributed by atoms with Gasteiger partial charge in [-0.15, -0.1) is 0 Å². The van der Waals surface area contributed by atoms with Gasteiger partial charge in [0.2, 0.25) is 11.9 Å². The summed E-state index contributed by atoms with van der Waals surface area (Å²) in [6.07, 6.45) is -7.97. The van der Waals surface area contributed by atoms with Gasteiger partial charge >= 0.3 is 12.4 Å². The minimum atomic E-state index is -4.63. The van der Waals surface area contributed by atoms with E-state index < -0.39 is 25.6 Å². The molecule has 0 atom stereocenters. The Hall–Kier alpha value is -3.05. The number of anilines is 1. The van der Waals surface area contributed by atoms with E-state index in [4.69, 9.17) is 4.74 Å². The van der Waals surface area contributed by atoms with Gasteiger partial charge in [0.15, 0.2) is 13.2 Å². The maximum Gasteiger partial charge on any atom is 0.422 e. The fourth-order valence-electron chi connectivity index (χ4n) is 2.38.